The molecule has 0 amide bonds. The summed E-state index contributed by atoms with van der Waals surface area (Å²) in [4.78, 5) is 12.1. The summed E-state index contributed by atoms with van der Waals surface area (Å²) >= 11 is 5.75. The largest absolute Gasteiger partial charge is 0.311 e. The monoisotopic (exact) mass is 224 g/mol. The van der Waals surface area contributed by atoms with Gasteiger partial charge in [0.2, 0.25) is 5.28 Å². The van der Waals surface area contributed by atoms with Crippen molar-refractivity contribution in [3.05, 3.63) is 24.3 Å². The number of halogens is 1. The first kappa shape index (κ1) is 9.88. The third kappa shape index (κ3) is 1.64. The minimum atomic E-state index is 0.126. The topological polar surface area (TPSA) is 81.7 Å². The third-order valence-corrected chi connectivity index (χ3v) is 2.07. The fourth-order valence-corrected chi connectivity index (χ4v) is 1.46. The molecule has 0 spiro atoms. The third-order valence-electron chi connectivity index (χ3n) is 1.90. The van der Waals surface area contributed by atoms with E-state index >= 15 is 0 Å². The lowest BCUT2D eigenvalue weighted by Crippen LogP contribution is -2.10. The van der Waals surface area contributed by atoms with Crippen LogP contribution in [0.15, 0.2) is 19.0 Å². The smallest absolute Gasteiger partial charge is 0.226 e. The first-order valence-electron chi connectivity index (χ1n) is 4.22. The highest BCUT2D eigenvalue weighted by Crippen LogP contribution is 2.19. The summed E-state index contributed by atoms with van der Waals surface area (Å²) < 4.78 is 1.80. The van der Waals surface area contributed by atoms with E-state index in [2.05, 4.69) is 27.0 Å². The number of nitrogens with zero attached hydrogens (tertiary/aromatic N) is 4. The second kappa shape index (κ2) is 3.84. The molecule has 2 aromatic heterocycles. The van der Waals surface area contributed by atoms with Gasteiger partial charge >= 0.3 is 0 Å². The first-order valence-corrected chi connectivity index (χ1v) is 4.60. The van der Waals surface area contributed by atoms with E-state index in [9.17, 15) is 0 Å². The number of aromatic nitrogens is 4. The van der Waals surface area contributed by atoms with Gasteiger partial charge in [-0.2, -0.15) is 9.97 Å². The van der Waals surface area contributed by atoms with Gasteiger partial charge in [0.05, 0.1) is 6.33 Å². The van der Waals surface area contributed by atoms with Crippen LogP contribution in [0, 0.1) is 0 Å². The van der Waals surface area contributed by atoms with Gasteiger partial charge in [-0.3, -0.25) is 0 Å². The van der Waals surface area contributed by atoms with Crippen LogP contribution in [0.25, 0.3) is 11.2 Å². The van der Waals surface area contributed by atoms with Crippen molar-refractivity contribution >= 4 is 28.6 Å². The first-order chi connectivity index (χ1) is 7.26. The maximum Gasteiger partial charge on any atom is 0.226 e. The van der Waals surface area contributed by atoms with Gasteiger partial charge in [0.25, 0.3) is 0 Å². The normalized spacial score (nSPS) is 10.5. The van der Waals surface area contributed by atoms with E-state index < -0.39 is 0 Å². The SMILES string of the molecule is C=CCn1cnc2c(NN)nc(Cl)nc21. The molecule has 0 aliphatic carbocycles. The molecule has 7 heteroatoms. The number of nitrogens with two attached hydrogens (primary N) is 1. The number of hydrogen-bond acceptors (Lipinski definition) is 5. The maximum atomic E-state index is 5.75. The minimum absolute atomic E-state index is 0.126. The Morgan fingerprint density at radius 1 is 1.60 bits per heavy atom. The minimum Gasteiger partial charge on any atom is -0.311 e. The van der Waals surface area contributed by atoms with Crippen LogP contribution in [0.4, 0.5) is 5.82 Å². The van der Waals surface area contributed by atoms with Crippen LogP contribution in [-0.2, 0) is 6.54 Å². The maximum absolute atomic E-state index is 5.75. The molecule has 2 heterocycles. The Kier molecular flexibility index (Phi) is 2.53. The number of anilines is 1. The zero-order valence-electron chi connectivity index (χ0n) is 7.81. The van der Waals surface area contributed by atoms with Crippen molar-refractivity contribution in [1.82, 2.24) is 19.5 Å². The second-order valence-corrected chi connectivity index (χ2v) is 3.18. The standard InChI is InChI=1S/C8H9ClN6/c1-2-3-15-4-11-5-6(14-10)12-8(9)13-7(5)15/h2,4H,1,3,10H2,(H,12,13,14). The van der Waals surface area contributed by atoms with E-state index in [1.165, 1.54) is 0 Å². The number of hydrogen-bond donors (Lipinski definition) is 2. The quantitative estimate of drug-likeness (QED) is 0.351. The van der Waals surface area contributed by atoms with Crippen LogP contribution in [0.1, 0.15) is 0 Å². The molecule has 2 aromatic rings. The van der Waals surface area contributed by atoms with Gasteiger partial charge in [-0.1, -0.05) is 6.08 Å². The molecule has 0 bridgehead atoms. The second-order valence-electron chi connectivity index (χ2n) is 2.84. The molecule has 0 atom stereocenters. The molecule has 6 nitrogen and oxygen atoms in total. The van der Waals surface area contributed by atoms with Gasteiger partial charge in [-0.25, -0.2) is 10.8 Å². The average molecular weight is 225 g/mol. The van der Waals surface area contributed by atoms with Crippen LogP contribution >= 0.6 is 11.6 Å². The van der Waals surface area contributed by atoms with E-state index in [0.29, 0.717) is 23.5 Å². The van der Waals surface area contributed by atoms with E-state index in [1.54, 1.807) is 17.0 Å². The average Bonchev–Trinajstić information content (AvgIpc) is 2.61. The summed E-state index contributed by atoms with van der Waals surface area (Å²) in [6.07, 6.45) is 3.38. The summed E-state index contributed by atoms with van der Waals surface area (Å²) in [5.74, 6) is 5.71. The summed E-state index contributed by atoms with van der Waals surface area (Å²) in [6, 6.07) is 0. The molecule has 0 saturated carbocycles. The predicted molar refractivity (Wildman–Crippen MR) is 58.3 cm³/mol. The highest BCUT2D eigenvalue weighted by atomic mass is 35.5. The number of nitrogen functional groups attached to an aromatic ring is 1. The van der Waals surface area contributed by atoms with Gasteiger partial charge in [-0.15, -0.1) is 6.58 Å². The summed E-state index contributed by atoms with van der Waals surface area (Å²) in [6.45, 7) is 4.25. The zero-order chi connectivity index (χ0) is 10.8. The fraction of sp³-hybridized carbons (Fsp3) is 0.125. The molecule has 15 heavy (non-hydrogen) atoms. The Bertz CT molecular complexity index is 505. The molecule has 0 aliphatic rings. The number of hydrazine groups is 1. The molecule has 0 aromatic carbocycles. The Morgan fingerprint density at radius 3 is 3.07 bits per heavy atom. The molecular weight excluding hydrogens is 216 g/mol. The lowest BCUT2D eigenvalue weighted by Gasteiger charge is -2.02. The van der Waals surface area contributed by atoms with Crippen molar-refractivity contribution in [2.75, 3.05) is 5.43 Å². The number of rotatable bonds is 3. The van der Waals surface area contributed by atoms with E-state index in [0.717, 1.165) is 0 Å². The summed E-state index contributed by atoms with van der Waals surface area (Å²) in [5, 5.41) is 0.126. The van der Waals surface area contributed by atoms with Gasteiger partial charge in [0, 0.05) is 6.54 Å². The molecule has 3 N–H and O–H groups in total. The van der Waals surface area contributed by atoms with Crippen molar-refractivity contribution in [3.63, 3.8) is 0 Å². The lowest BCUT2D eigenvalue weighted by atomic mass is 10.5. The number of nitrogens with one attached hydrogen (secondary N) is 1. The van der Waals surface area contributed by atoms with Gasteiger partial charge < -0.3 is 9.99 Å². The number of imidazole rings is 1. The van der Waals surface area contributed by atoms with Crippen LogP contribution < -0.4 is 11.3 Å². The van der Waals surface area contributed by atoms with E-state index in [1.807, 2.05) is 0 Å². The van der Waals surface area contributed by atoms with E-state index in [-0.39, 0.29) is 5.28 Å². The Hall–Kier alpha value is -1.66. The molecule has 0 aliphatic heterocycles. The molecular formula is C8H9ClN6. The van der Waals surface area contributed by atoms with Crippen molar-refractivity contribution in [1.29, 1.82) is 0 Å². The van der Waals surface area contributed by atoms with Crippen LogP contribution in [-0.4, -0.2) is 19.5 Å². The van der Waals surface area contributed by atoms with Gasteiger partial charge in [0.1, 0.15) is 0 Å². The van der Waals surface area contributed by atoms with Crippen LogP contribution in [0.3, 0.4) is 0 Å². The fourth-order valence-electron chi connectivity index (χ4n) is 1.29. The molecule has 0 radical (unpaired) electrons. The van der Waals surface area contributed by atoms with Gasteiger partial charge in [-0.05, 0) is 11.6 Å². The number of allylic oxidation sites excluding steroid dienone is 1. The van der Waals surface area contributed by atoms with Crippen LogP contribution in [0.2, 0.25) is 5.28 Å². The zero-order valence-corrected chi connectivity index (χ0v) is 8.57. The highest BCUT2D eigenvalue weighted by Gasteiger charge is 2.10. The lowest BCUT2D eigenvalue weighted by molar-refractivity contribution is 0.838. The molecule has 0 fully saturated rings. The summed E-state index contributed by atoms with van der Waals surface area (Å²) in [7, 11) is 0. The van der Waals surface area contributed by atoms with Crippen LogP contribution in [0.5, 0.6) is 0 Å². The Morgan fingerprint density at radius 2 is 2.40 bits per heavy atom. The Labute approximate surface area is 90.8 Å². The predicted octanol–water partition coefficient (Wildman–Crippen LogP) is 0.951. The highest BCUT2D eigenvalue weighted by molar-refractivity contribution is 6.28. The number of fused-ring (bicyclic) bond motifs is 1. The van der Waals surface area contributed by atoms with Crippen molar-refractivity contribution in [3.8, 4) is 0 Å². The molecule has 0 unspecified atom stereocenters. The molecule has 0 saturated heterocycles. The molecule has 2 rings (SSSR count). The Balaban J connectivity index is 2.69. The van der Waals surface area contributed by atoms with Crippen molar-refractivity contribution in [2.45, 2.75) is 6.54 Å². The van der Waals surface area contributed by atoms with Gasteiger partial charge in [0.15, 0.2) is 17.0 Å². The van der Waals surface area contributed by atoms with Crippen molar-refractivity contribution in [2.24, 2.45) is 5.84 Å². The van der Waals surface area contributed by atoms with E-state index in [4.69, 9.17) is 17.4 Å². The summed E-state index contributed by atoms with van der Waals surface area (Å²) in [5.41, 5.74) is 3.64. The van der Waals surface area contributed by atoms with Crippen molar-refractivity contribution < 1.29 is 0 Å². The molecule has 78 valence electrons.